The summed E-state index contributed by atoms with van der Waals surface area (Å²) in [6.45, 7) is 0. The van der Waals surface area contributed by atoms with Gasteiger partial charge in [-0.15, -0.1) is 0 Å². The van der Waals surface area contributed by atoms with Crippen molar-refractivity contribution < 1.29 is 36.4 Å². The van der Waals surface area contributed by atoms with E-state index in [9.17, 15) is 19.8 Å². The standard InChI is InChI=1S/C21H13NO5.V/c1-22-11-2-5-14(21(25)26)17(8-11)20-15-6-3-12(23)9-18(15)27-19-10-13(24)4-7-16(19)20;/h1-10,22-23H,(H,25,26);/q;+2. The number of aromatic carboxylic acids is 1. The summed E-state index contributed by atoms with van der Waals surface area (Å²) in [5.74, 6) is -0.750. The number of anilines is 1. The zero-order valence-corrected chi connectivity index (χ0v) is 15.7. The van der Waals surface area contributed by atoms with Crippen LogP contribution in [-0.4, -0.2) is 21.0 Å². The second-order valence-electron chi connectivity index (χ2n) is 6.15. The monoisotopic (exact) mass is 410 g/mol. The number of phenolic OH excluding ortho intramolecular Hbond substituents is 1. The normalized spacial score (nSPS) is 10.9. The summed E-state index contributed by atoms with van der Waals surface area (Å²) in [5.41, 5.74) is 2.64. The number of hydrogen-bond acceptors (Lipinski definition) is 5. The van der Waals surface area contributed by atoms with Crippen LogP contribution >= 0.6 is 0 Å². The number of rotatable bonds is 4. The average molecular weight is 410 g/mol. The summed E-state index contributed by atoms with van der Waals surface area (Å²) in [6, 6.07) is 13.9. The fraction of sp³-hybridized carbons (Fsp3) is 0. The SMILES string of the molecule is O=C(O)c1ccc(N[CH]=[V+2])cc1-c1c2ccc(=O)cc-2oc2cc(O)ccc12. The Kier molecular flexibility index (Phi) is 4.51. The van der Waals surface area contributed by atoms with E-state index in [1.807, 2.05) is 0 Å². The summed E-state index contributed by atoms with van der Waals surface area (Å²) < 4.78 is 5.82. The molecule has 28 heavy (non-hydrogen) atoms. The van der Waals surface area contributed by atoms with Crippen LogP contribution in [0.25, 0.3) is 33.4 Å². The fourth-order valence-electron chi connectivity index (χ4n) is 3.25. The second kappa shape index (κ2) is 7.00. The molecular formula is C21H13NO5V+2. The molecule has 0 saturated carbocycles. The Morgan fingerprint density at radius 2 is 1.86 bits per heavy atom. The van der Waals surface area contributed by atoms with Crippen molar-refractivity contribution in [3.63, 3.8) is 0 Å². The van der Waals surface area contributed by atoms with Crippen molar-refractivity contribution in [2.24, 2.45) is 0 Å². The Balaban J connectivity index is 2.18. The van der Waals surface area contributed by atoms with Crippen molar-refractivity contribution >= 4 is 27.5 Å². The van der Waals surface area contributed by atoms with Crippen molar-refractivity contribution in [1.82, 2.24) is 0 Å². The van der Waals surface area contributed by atoms with Crippen LogP contribution < -0.4 is 10.7 Å². The molecule has 3 N–H and O–H groups in total. The Morgan fingerprint density at radius 3 is 2.61 bits per heavy atom. The third-order valence-electron chi connectivity index (χ3n) is 4.43. The molecule has 0 saturated heterocycles. The van der Waals surface area contributed by atoms with Gasteiger partial charge in [0.1, 0.15) is 0 Å². The van der Waals surface area contributed by atoms with Crippen LogP contribution in [-0.2, 0) is 17.0 Å². The van der Waals surface area contributed by atoms with Gasteiger partial charge in [0, 0.05) is 0 Å². The van der Waals surface area contributed by atoms with E-state index < -0.39 is 5.97 Å². The number of aromatic hydroxyl groups is 1. The zero-order valence-electron chi connectivity index (χ0n) is 14.3. The number of hydrogen-bond donors (Lipinski definition) is 3. The summed E-state index contributed by atoms with van der Waals surface area (Å²) in [7, 11) is 0. The number of carboxylic acid groups (broad SMARTS) is 1. The van der Waals surface area contributed by atoms with Gasteiger partial charge in [0.2, 0.25) is 0 Å². The van der Waals surface area contributed by atoms with Crippen LogP contribution in [0, 0.1) is 0 Å². The predicted molar refractivity (Wildman–Crippen MR) is 103 cm³/mol. The molecule has 0 atom stereocenters. The molecule has 6 nitrogen and oxygen atoms in total. The van der Waals surface area contributed by atoms with Crippen LogP contribution in [0.2, 0.25) is 0 Å². The maximum atomic E-state index is 11.9. The second-order valence-corrected chi connectivity index (χ2v) is 6.56. The molecule has 0 amide bonds. The molecule has 0 fully saturated rings. The van der Waals surface area contributed by atoms with Crippen LogP contribution in [0.4, 0.5) is 5.69 Å². The van der Waals surface area contributed by atoms with Crippen LogP contribution in [0.15, 0.2) is 63.8 Å². The molecule has 135 valence electrons. The third-order valence-corrected chi connectivity index (χ3v) is 4.63. The van der Waals surface area contributed by atoms with Gasteiger partial charge in [0.25, 0.3) is 0 Å². The van der Waals surface area contributed by atoms with Crippen LogP contribution in [0.5, 0.6) is 5.75 Å². The number of phenols is 1. The molecular weight excluding hydrogens is 397 g/mol. The first kappa shape index (κ1) is 18.0. The van der Waals surface area contributed by atoms with E-state index in [1.54, 1.807) is 29.1 Å². The fourth-order valence-corrected chi connectivity index (χ4v) is 3.48. The van der Waals surface area contributed by atoms with Crippen molar-refractivity contribution in [2.75, 3.05) is 5.32 Å². The molecule has 0 radical (unpaired) electrons. The molecule has 1 aliphatic heterocycles. The van der Waals surface area contributed by atoms with E-state index in [0.29, 0.717) is 39.1 Å². The first-order valence-electron chi connectivity index (χ1n) is 8.27. The quantitative estimate of drug-likeness (QED) is 0.444. The summed E-state index contributed by atoms with van der Waals surface area (Å²) in [6.07, 6.45) is 0. The molecule has 2 aliphatic rings. The van der Waals surface area contributed by atoms with Gasteiger partial charge in [0.15, 0.2) is 0 Å². The number of carboxylic acids is 1. The van der Waals surface area contributed by atoms with Crippen molar-refractivity contribution in [3.8, 4) is 28.2 Å². The minimum absolute atomic E-state index is 0.00653. The number of carbonyl (C=O) groups is 1. The van der Waals surface area contributed by atoms with Gasteiger partial charge in [-0.2, -0.15) is 0 Å². The zero-order chi connectivity index (χ0) is 19.8. The molecule has 2 aromatic carbocycles. The molecule has 7 heteroatoms. The van der Waals surface area contributed by atoms with Gasteiger partial charge in [-0.05, 0) is 0 Å². The first-order valence-corrected chi connectivity index (χ1v) is 9.08. The van der Waals surface area contributed by atoms with Crippen LogP contribution in [0.3, 0.4) is 0 Å². The Labute approximate surface area is 167 Å². The molecule has 0 unspecified atom stereocenters. The van der Waals surface area contributed by atoms with Gasteiger partial charge < -0.3 is 0 Å². The topological polar surface area (TPSA) is 99.8 Å². The van der Waals surface area contributed by atoms with Gasteiger partial charge in [-0.3, -0.25) is 0 Å². The van der Waals surface area contributed by atoms with E-state index in [4.69, 9.17) is 4.42 Å². The Bertz CT molecular complexity index is 1280. The molecule has 0 spiro atoms. The van der Waals surface area contributed by atoms with E-state index in [2.05, 4.69) is 22.3 Å². The number of fused-ring (bicyclic) bond motifs is 2. The molecule has 1 heterocycles. The van der Waals surface area contributed by atoms with Crippen molar-refractivity contribution in [2.45, 2.75) is 0 Å². The first-order chi connectivity index (χ1) is 13.5. The van der Waals surface area contributed by atoms with E-state index in [0.717, 1.165) is 0 Å². The maximum absolute atomic E-state index is 11.9. The van der Waals surface area contributed by atoms with Crippen LogP contribution in [0.1, 0.15) is 10.4 Å². The van der Waals surface area contributed by atoms with E-state index >= 15 is 0 Å². The van der Waals surface area contributed by atoms with E-state index in [-0.39, 0.29) is 16.7 Å². The molecule has 4 rings (SSSR count). The van der Waals surface area contributed by atoms with Gasteiger partial charge in [0.05, 0.1) is 0 Å². The average Bonchev–Trinajstić information content (AvgIpc) is 2.66. The third kappa shape index (κ3) is 3.09. The summed E-state index contributed by atoms with van der Waals surface area (Å²) in [4.78, 5) is 25.4. The van der Waals surface area contributed by atoms with E-state index in [1.165, 1.54) is 30.3 Å². The number of benzene rings is 3. The Morgan fingerprint density at radius 1 is 1.04 bits per heavy atom. The number of nitrogens with one attached hydrogen (secondary N) is 1. The predicted octanol–water partition coefficient (Wildman–Crippen LogP) is 3.69. The Hall–Kier alpha value is -3.35. The van der Waals surface area contributed by atoms with Gasteiger partial charge in [-0.1, -0.05) is 0 Å². The van der Waals surface area contributed by atoms with Gasteiger partial charge >= 0.3 is 168 Å². The summed E-state index contributed by atoms with van der Waals surface area (Å²) in [5, 5.41) is 23.2. The van der Waals surface area contributed by atoms with Crippen molar-refractivity contribution in [3.05, 3.63) is 70.4 Å². The molecule has 2 aromatic rings. The molecule has 0 aromatic heterocycles. The molecule has 0 bridgehead atoms. The van der Waals surface area contributed by atoms with Crippen molar-refractivity contribution in [1.29, 1.82) is 0 Å². The minimum atomic E-state index is -1.07. The molecule has 1 aliphatic carbocycles. The summed E-state index contributed by atoms with van der Waals surface area (Å²) >= 11 is 2.28. The van der Waals surface area contributed by atoms with Gasteiger partial charge in [-0.25, -0.2) is 0 Å².